The number of unbranched alkanes of at least 4 members (excludes halogenated alkanes) is 3. The monoisotopic (exact) mass is 286 g/mol. The molecule has 0 aliphatic carbocycles. The fourth-order valence-corrected chi connectivity index (χ4v) is 1.97. The van der Waals surface area contributed by atoms with Crippen molar-refractivity contribution in [2.45, 2.75) is 32.6 Å². The van der Waals surface area contributed by atoms with Crippen LogP contribution in [0.15, 0.2) is 10.8 Å². The van der Waals surface area contributed by atoms with Crippen molar-refractivity contribution in [2.75, 3.05) is 24.2 Å². The lowest BCUT2D eigenvalue weighted by Gasteiger charge is -2.09. The fourth-order valence-electron chi connectivity index (χ4n) is 1.43. The van der Waals surface area contributed by atoms with Crippen molar-refractivity contribution in [3.63, 3.8) is 0 Å². The van der Waals surface area contributed by atoms with Gasteiger partial charge < -0.3 is 10.6 Å². The Hall–Kier alpha value is -0.840. The summed E-state index contributed by atoms with van der Waals surface area (Å²) in [6, 6.07) is 0. The van der Waals surface area contributed by atoms with Crippen LogP contribution in [0.5, 0.6) is 0 Å². The SMILES string of the molecule is CCCCCCNc1ncnc(NC)c1Br. The Morgan fingerprint density at radius 2 is 1.94 bits per heavy atom. The maximum Gasteiger partial charge on any atom is 0.145 e. The molecule has 0 unspecified atom stereocenters. The molecule has 90 valence electrons. The van der Waals surface area contributed by atoms with Gasteiger partial charge in [-0.25, -0.2) is 9.97 Å². The van der Waals surface area contributed by atoms with Crippen LogP contribution in [-0.2, 0) is 0 Å². The summed E-state index contributed by atoms with van der Waals surface area (Å²) in [5.74, 6) is 1.67. The van der Waals surface area contributed by atoms with Crippen LogP contribution in [0, 0.1) is 0 Å². The van der Waals surface area contributed by atoms with E-state index in [0.29, 0.717) is 0 Å². The van der Waals surface area contributed by atoms with Crippen LogP contribution in [0.25, 0.3) is 0 Å². The van der Waals surface area contributed by atoms with Crippen molar-refractivity contribution in [3.8, 4) is 0 Å². The molecule has 0 aliphatic rings. The van der Waals surface area contributed by atoms with Crippen LogP contribution in [-0.4, -0.2) is 23.6 Å². The van der Waals surface area contributed by atoms with Crippen molar-refractivity contribution in [3.05, 3.63) is 10.8 Å². The Bertz CT molecular complexity index is 317. The number of hydrogen-bond acceptors (Lipinski definition) is 4. The smallest absolute Gasteiger partial charge is 0.145 e. The van der Waals surface area contributed by atoms with Crippen LogP contribution in [0.1, 0.15) is 32.6 Å². The van der Waals surface area contributed by atoms with Gasteiger partial charge in [0.1, 0.15) is 22.4 Å². The zero-order valence-electron chi connectivity index (χ0n) is 9.89. The molecule has 0 saturated heterocycles. The number of rotatable bonds is 7. The van der Waals surface area contributed by atoms with Crippen molar-refractivity contribution in [2.24, 2.45) is 0 Å². The number of aromatic nitrogens is 2. The average Bonchev–Trinajstić information content (AvgIpc) is 2.31. The molecule has 0 saturated carbocycles. The molecule has 0 atom stereocenters. The van der Waals surface area contributed by atoms with Crippen LogP contribution in [0.3, 0.4) is 0 Å². The molecule has 1 rings (SSSR count). The van der Waals surface area contributed by atoms with E-state index in [0.717, 1.165) is 22.7 Å². The van der Waals surface area contributed by atoms with Crippen molar-refractivity contribution in [1.82, 2.24) is 9.97 Å². The van der Waals surface area contributed by atoms with Gasteiger partial charge in [0.15, 0.2) is 0 Å². The molecule has 0 bridgehead atoms. The zero-order chi connectivity index (χ0) is 11.8. The van der Waals surface area contributed by atoms with Gasteiger partial charge in [0.25, 0.3) is 0 Å². The molecule has 0 aromatic carbocycles. The molecule has 1 aromatic rings. The Balaban J connectivity index is 2.41. The lowest BCUT2D eigenvalue weighted by Crippen LogP contribution is -2.06. The summed E-state index contributed by atoms with van der Waals surface area (Å²) in [5, 5.41) is 6.32. The first-order valence-electron chi connectivity index (χ1n) is 5.71. The van der Waals surface area contributed by atoms with Crippen molar-refractivity contribution in [1.29, 1.82) is 0 Å². The number of anilines is 2. The van der Waals surface area contributed by atoms with E-state index in [9.17, 15) is 0 Å². The van der Waals surface area contributed by atoms with E-state index in [2.05, 4.69) is 43.5 Å². The highest BCUT2D eigenvalue weighted by Gasteiger charge is 2.05. The largest absolute Gasteiger partial charge is 0.372 e. The molecule has 5 heteroatoms. The predicted octanol–water partition coefficient (Wildman–Crippen LogP) is 3.27. The number of hydrogen-bond donors (Lipinski definition) is 2. The maximum atomic E-state index is 4.20. The molecular weight excluding hydrogens is 268 g/mol. The highest BCUT2D eigenvalue weighted by atomic mass is 79.9. The van der Waals surface area contributed by atoms with Crippen LogP contribution in [0.4, 0.5) is 11.6 Å². The second-order valence-electron chi connectivity index (χ2n) is 3.62. The number of nitrogens with one attached hydrogen (secondary N) is 2. The zero-order valence-corrected chi connectivity index (χ0v) is 11.5. The highest BCUT2D eigenvalue weighted by Crippen LogP contribution is 2.25. The third kappa shape index (κ3) is 3.96. The first-order chi connectivity index (χ1) is 7.79. The maximum absolute atomic E-state index is 4.20. The van der Waals surface area contributed by atoms with Crippen molar-refractivity contribution >= 4 is 27.6 Å². The Morgan fingerprint density at radius 1 is 1.19 bits per heavy atom. The topological polar surface area (TPSA) is 49.8 Å². The van der Waals surface area contributed by atoms with E-state index in [1.54, 1.807) is 6.33 Å². The fraction of sp³-hybridized carbons (Fsp3) is 0.636. The summed E-state index contributed by atoms with van der Waals surface area (Å²) in [4.78, 5) is 8.30. The van der Waals surface area contributed by atoms with E-state index in [4.69, 9.17) is 0 Å². The molecule has 0 fully saturated rings. The number of halogens is 1. The van der Waals surface area contributed by atoms with Crippen molar-refractivity contribution < 1.29 is 0 Å². The van der Waals surface area contributed by atoms with Gasteiger partial charge in [-0.3, -0.25) is 0 Å². The van der Waals surface area contributed by atoms with Gasteiger partial charge in [-0.2, -0.15) is 0 Å². The van der Waals surface area contributed by atoms with E-state index in [1.165, 1.54) is 25.7 Å². The quantitative estimate of drug-likeness (QED) is 0.756. The summed E-state index contributed by atoms with van der Waals surface area (Å²) >= 11 is 3.47. The van der Waals surface area contributed by atoms with Gasteiger partial charge in [0.2, 0.25) is 0 Å². The Kier molecular flexibility index (Phi) is 6.15. The molecule has 0 radical (unpaired) electrons. The minimum atomic E-state index is 0.811. The summed E-state index contributed by atoms with van der Waals surface area (Å²) in [6.45, 7) is 3.17. The molecule has 0 spiro atoms. The summed E-state index contributed by atoms with van der Waals surface area (Å²) in [6.07, 6.45) is 6.57. The second kappa shape index (κ2) is 7.44. The standard InChI is InChI=1S/C11H19BrN4/c1-3-4-5-6-7-14-11-9(12)10(13-2)15-8-16-11/h8H,3-7H2,1-2H3,(H2,13,14,15,16). The molecule has 1 heterocycles. The lowest BCUT2D eigenvalue weighted by molar-refractivity contribution is 0.684. The lowest BCUT2D eigenvalue weighted by atomic mass is 10.2. The van der Waals surface area contributed by atoms with E-state index >= 15 is 0 Å². The second-order valence-corrected chi connectivity index (χ2v) is 4.42. The first kappa shape index (κ1) is 13.2. The minimum absolute atomic E-state index is 0.811. The van der Waals surface area contributed by atoms with Gasteiger partial charge >= 0.3 is 0 Å². The van der Waals surface area contributed by atoms with Gasteiger partial charge in [0, 0.05) is 13.6 Å². The van der Waals surface area contributed by atoms with E-state index in [-0.39, 0.29) is 0 Å². The Morgan fingerprint density at radius 3 is 2.62 bits per heavy atom. The third-order valence-electron chi connectivity index (χ3n) is 2.35. The highest BCUT2D eigenvalue weighted by molar-refractivity contribution is 9.10. The molecule has 4 nitrogen and oxygen atoms in total. The van der Waals surface area contributed by atoms with Crippen LogP contribution >= 0.6 is 15.9 Å². The predicted molar refractivity (Wildman–Crippen MR) is 71.9 cm³/mol. The van der Waals surface area contributed by atoms with Gasteiger partial charge in [-0.15, -0.1) is 0 Å². The van der Waals surface area contributed by atoms with Gasteiger partial charge in [-0.05, 0) is 22.4 Å². The van der Waals surface area contributed by atoms with E-state index < -0.39 is 0 Å². The van der Waals surface area contributed by atoms with Crippen LogP contribution in [0.2, 0.25) is 0 Å². The number of nitrogens with zero attached hydrogens (tertiary/aromatic N) is 2. The molecule has 16 heavy (non-hydrogen) atoms. The molecular formula is C11H19BrN4. The first-order valence-corrected chi connectivity index (χ1v) is 6.51. The van der Waals surface area contributed by atoms with Crippen LogP contribution < -0.4 is 10.6 Å². The summed E-state index contributed by atoms with van der Waals surface area (Å²) in [5.41, 5.74) is 0. The molecule has 2 N–H and O–H groups in total. The molecule has 0 aliphatic heterocycles. The summed E-state index contributed by atoms with van der Waals surface area (Å²) < 4.78 is 0.896. The third-order valence-corrected chi connectivity index (χ3v) is 3.10. The normalized spacial score (nSPS) is 10.2. The molecule has 1 aromatic heterocycles. The Labute approximate surface area is 105 Å². The van der Waals surface area contributed by atoms with Gasteiger partial charge in [0.05, 0.1) is 0 Å². The van der Waals surface area contributed by atoms with Gasteiger partial charge in [-0.1, -0.05) is 26.2 Å². The minimum Gasteiger partial charge on any atom is -0.372 e. The van der Waals surface area contributed by atoms with E-state index in [1.807, 2.05) is 7.05 Å². The molecule has 0 amide bonds. The summed E-state index contributed by atoms with van der Waals surface area (Å²) in [7, 11) is 1.85. The average molecular weight is 287 g/mol.